The van der Waals surface area contributed by atoms with Crippen molar-refractivity contribution in [3.63, 3.8) is 0 Å². The second-order valence-corrected chi connectivity index (χ2v) is 3.62. The van der Waals surface area contributed by atoms with Crippen LogP contribution in [0.15, 0.2) is 61.1 Å². The van der Waals surface area contributed by atoms with E-state index < -0.39 is 0 Å². The molecule has 0 aliphatic carbocycles. The number of pyridine rings is 2. The minimum absolute atomic E-state index is 1.02. The third-order valence-electron chi connectivity index (χ3n) is 2.62. The number of fused-ring (bicyclic) bond motifs is 1. The van der Waals surface area contributed by atoms with Crippen molar-refractivity contribution in [2.45, 2.75) is 0 Å². The minimum Gasteiger partial charge on any atom is -0.264 e. The molecule has 2 heteroatoms. The molecular formula is C14H10N2. The van der Waals surface area contributed by atoms with E-state index in [1.54, 1.807) is 6.20 Å². The van der Waals surface area contributed by atoms with Crippen molar-refractivity contribution in [1.82, 2.24) is 9.97 Å². The lowest BCUT2D eigenvalue weighted by atomic mass is 10.0. The van der Waals surface area contributed by atoms with Crippen LogP contribution in [0.3, 0.4) is 0 Å². The summed E-state index contributed by atoms with van der Waals surface area (Å²) in [5.41, 5.74) is 3.32. The van der Waals surface area contributed by atoms with Crippen molar-refractivity contribution in [1.29, 1.82) is 0 Å². The van der Waals surface area contributed by atoms with E-state index in [2.05, 4.69) is 22.1 Å². The summed E-state index contributed by atoms with van der Waals surface area (Å²) in [7, 11) is 0. The third-order valence-corrected chi connectivity index (χ3v) is 2.62. The van der Waals surface area contributed by atoms with Crippen LogP contribution in [0.4, 0.5) is 0 Å². The van der Waals surface area contributed by atoms with Gasteiger partial charge < -0.3 is 0 Å². The molecule has 0 bridgehead atoms. The van der Waals surface area contributed by atoms with Gasteiger partial charge in [0.05, 0.1) is 5.52 Å². The molecule has 0 radical (unpaired) electrons. The highest BCUT2D eigenvalue weighted by Crippen LogP contribution is 2.26. The van der Waals surface area contributed by atoms with Crippen molar-refractivity contribution in [3.05, 3.63) is 61.1 Å². The SMILES string of the molecule is c1cncc(-c2ccnc3ccccc23)c1. The quantitative estimate of drug-likeness (QED) is 0.610. The molecule has 0 unspecified atom stereocenters. The molecule has 16 heavy (non-hydrogen) atoms. The van der Waals surface area contributed by atoms with Gasteiger partial charge in [0.1, 0.15) is 0 Å². The molecule has 0 aliphatic rings. The van der Waals surface area contributed by atoms with Crippen molar-refractivity contribution in [2.24, 2.45) is 0 Å². The molecule has 2 nitrogen and oxygen atoms in total. The van der Waals surface area contributed by atoms with Crippen LogP contribution in [0.2, 0.25) is 0 Å². The standard InChI is InChI=1S/C14H10N2/c1-2-6-14-13(5-1)12(7-9-16-14)11-4-3-8-15-10-11/h1-10H. The topological polar surface area (TPSA) is 25.8 Å². The van der Waals surface area contributed by atoms with E-state index in [0.29, 0.717) is 0 Å². The zero-order valence-corrected chi connectivity index (χ0v) is 8.67. The molecule has 76 valence electrons. The Balaban J connectivity index is 2.32. The molecule has 0 saturated heterocycles. The Bertz CT molecular complexity index is 612. The Morgan fingerprint density at radius 1 is 0.812 bits per heavy atom. The third kappa shape index (κ3) is 1.44. The van der Waals surface area contributed by atoms with Crippen molar-refractivity contribution < 1.29 is 0 Å². The molecule has 1 aromatic carbocycles. The van der Waals surface area contributed by atoms with Gasteiger partial charge in [-0.05, 0) is 23.8 Å². The number of nitrogens with zero attached hydrogens (tertiary/aromatic N) is 2. The van der Waals surface area contributed by atoms with Crippen LogP contribution >= 0.6 is 0 Å². The molecule has 3 aromatic rings. The Kier molecular flexibility index (Phi) is 2.11. The molecule has 2 aromatic heterocycles. The van der Waals surface area contributed by atoms with E-state index in [4.69, 9.17) is 0 Å². The monoisotopic (exact) mass is 206 g/mol. The summed E-state index contributed by atoms with van der Waals surface area (Å²) in [6, 6.07) is 14.2. The summed E-state index contributed by atoms with van der Waals surface area (Å²) in [5.74, 6) is 0. The maximum absolute atomic E-state index is 4.35. The number of hydrogen-bond donors (Lipinski definition) is 0. The molecule has 0 atom stereocenters. The summed E-state index contributed by atoms with van der Waals surface area (Å²) >= 11 is 0. The Morgan fingerprint density at radius 2 is 1.75 bits per heavy atom. The van der Waals surface area contributed by atoms with Crippen molar-refractivity contribution in [2.75, 3.05) is 0 Å². The summed E-state index contributed by atoms with van der Waals surface area (Å²) in [5, 5.41) is 1.16. The highest BCUT2D eigenvalue weighted by Gasteiger charge is 2.02. The molecule has 0 aliphatic heterocycles. The Hall–Kier alpha value is -2.22. The van der Waals surface area contributed by atoms with Gasteiger partial charge in [0.15, 0.2) is 0 Å². The first-order valence-electron chi connectivity index (χ1n) is 5.19. The lowest BCUT2D eigenvalue weighted by molar-refractivity contribution is 1.33. The summed E-state index contributed by atoms with van der Waals surface area (Å²) in [6.07, 6.45) is 5.50. The molecule has 0 saturated carbocycles. The predicted molar refractivity (Wildman–Crippen MR) is 65.0 cm³/mol. The normalized spacial score (nSPS) is 10.5. The van der Waals surface area contributed by atoms with Gasteiger partial charge in [-0.1, -0.05) is 24.3 Å². The second kappa shape index (κ2) is 3.74. The molecular weight excluding hydrogens is 196 g/mol. The van der Waals surface area contributed by atoms with E-state index in [9.17, 15) is 0 Å². The van der Waals surface area contributed by atoms with Crippen molar-refractivity contribution >= 4 is 10.9 Å². The Morgan fingerprint density at radius 3 is 2.62 bits per heavy atom. The number of rotatable bonds is 1. The van der Waals surface area contributed by atoms with Crippen LogP contribution in [-0.2, 0) is 0 Å². The smallest absolute Gasteiger partial charge is 0.0708 e. The highest BCUT2D eigenvalue weighted by atomic mass is 14.6. The van der Waals surface area contributed by atoms with E-state index in [1.165, 1.54) is 5.56 Å². The maximum atomic E-state index is 4.35. The lowest BCUT2D eigenvalue weighted by Crippen LogP contribution is -1.84. The van der Waals surface area contributed by atoms with Gasteiger partial charge in [0.2, 0.25) is 0 Å². The molecule has 2 heterocycles. The number of hydrogen-bond acceptors (Lipinski definition) is 2. The Labute approximate surface area is 93.6 Å². The van der Waals surface area contributed by atoms with Gasteiger partial charge in [-0.25, -0.2) is 0 Å². The number of benzene rings is 1. The van der Waals surface area contributed by atoms with Crippen LogP contribution in [0, 0.1) is 0 Å². The van der Waals surface area contributed by atoms with E-state index in [-0.39, 0.29) is 0 Å². The fourth-order valence-corrected chi connectivity index (χ4v) is 1.87. The highest BCUT2D eigenvalue weighted by molar-refractivity contribution is 5.93. The number of para-hydroxylation sites is 1. The summed E-state index contributed by atoms with van der Waals surface area (Å²) in [6.45, 7) is 0. The first-order valence-corrected chi connectivity index (χ1v) is 5.19. The second-order valence-electron chi connectivity index (χ2n) is 3.62. The molecule has 0 spiro atoms. The van der Waals surface area contributed by atoms with Crippen molar-refractivity contribution in [3.8, 4) is 11.1 Å². The average Bonchev–Trinajstić information content (AvgIpc) is 2.39. The fourth-order valence-electron chi connectivity index (χ4n) is 1.87. The van der Waals surface area contributed by atoms with Gasteiger partial charge in [-0.3, -0.25) is 9.97 Å². The summed E-state index contributed by atoms with van der Waals surface area (Å²) in [4.78, 5) is 8.49. The van der Waals surface area contributed by atoms with Gasteiger partial charge in [-0.15, -0.1) is 0 Å². The molecule has 0 amide bonds. The van der Waals surface area contributed by atoms with Gasteiger partial charge >= 0.3 is 0 Å². The van der Waals surface area contributed by atoms with Gasteiger partial charge in [-0.2, -0.15) is 0 Å². The van der Waals surface area contributed by atoms with Gasteiger partial charge in [0.25, 0.3) is 0 Å². The largest absolute Gasteiger partial charge is 0.264 e. The predicted octanol–water partition coefficient (Wildman–Crippen LogP) is 3.30. The molecule has 0 N–H and O–H groups in total. The van der Waals surface area contributed by atoms with Gasteiger partial charge in [0, 0.05) is 29.5 Å². The van der Waals surface area contributed by atoms with E-state index >= 15 is 0 Å². The maximum Gasteiger partial charge on any atom is 0.0708 e. The van der Waals surface area contributed by atoms with Crippen LogP contribution in [0.25, 0.3) is 22.0 Å². The van der Waals surface area contributed by atoms with E-state index in [0.717, 1.165) is 16.5 Å². The fraction of sp³-hybridized carbons (Fsp3) is 0. The molecule has 0 fully saturated rings. The van der Waals surface area contributed by atoms with Crippen LogP contribution in [-0.4, -0.2) is 9.97 Å². The number of aromatic nitrogens is 2. The minimum atomic E-state index is 1.02. The van der Waals surface area contributed by atoms with E-state index in [1.807, 2.05) is 42.7 Å². The zero-order chi connectivity index (χ0) is 10.8. The lowest BCUT2D eigenvalue weighted by Gasteiger charge is -2.04. The summed E-state index contributed by atoms with van der Waals surface area (Å²) < 4.78 is 0. The zero-order valence-electron chi connectivity index (χ0n) is 8.67. The first-order chi connectivity index (χ1) is 7.95. The average molecular weight is 206 g/mol. The molecule has 3 rings (SSSR count). The van der Waals surface area contributed by atoms with Crippen LogP contribution in [0.5, 0.6) is 0 Å². The first kappa shape index (κ1) is 9.04. The van der Waals surface area contributed by atoms with Crippen LogP contribution in [0.1, 0.15) is 0 Å². The van der Waals surface area contributed by atoms with Crippen LogP contribution < -0.4 is 0 Å².